The number of carbonyl (C=O) groups is 2. The molecule has 98 valence electrons. The smallest absolute Gasteiger partial charge is 0.321 e. The quantitative estimate of drug-likeness (QED) is 0.590. The molecule has 6 nitrogen and oxygen atoms in total. The summed E-state index contributed by atoms with van der Waals surface area (Å²) in [4.78, 5) is 21.7. The van der Waals surface area contributed by atoms with E-state index in [9.17, 15) is 14.0 Å². The van der Waals surface area contributed by atoms with Crippen molar-refractivity contribution in [1.82, 2.24) is 5.32 Å². The standard InChI is InChI=1S/C11H13FN2O4/c12-7-3-6(1-2-9(7)15)5-14-10(16)4-8(13)11(17)18/h1-3,8,15H,4-5,13H2,(H,14,16)(H,17,18)/t8-/m0/s1. The van der Waals surface area contributed by atoms with Crippen LogP contribution in [0, 0.1) is 5.82 Å². The predicted octanol–water partition coefficient (Wildman–Crippen LogP) is -0.0505. The molecule has 1 aromatic carbocycles. The van der Waals surface area contributed by atoms with Gasteiger partial charge in [0.05, 0.1) is 6.42 Å². The highest BCUT2D eigenvalue weighted by Crippen LogP contribution is 2.15. The first-order valence-electron chi connectivity index (χ1n) is 5.12. The number of nitrogens with two attached hydrogens (primary N) is 1. The lowest BCUT2D eigenvalue weighted by molar-refractivity contribution is -0.140. The van der Waals surface area contributed by atoms with Crippen molar-refractivity contribution in [2.45, 2.75) is 19.0 Å². The minimum Gasteiger partial charge on any atom is -0.505 e. The fourth-order valence-corrected chi connectivity index (χ4v) is 1.22. The number of phenols is 1. The van der Waals surface area contributed by atoms with Crippen LogP contribution in [0.5, 0.6) is 5.75 Å². The Bertz CT molecular complexity index is 464. The fourth-order valence-electron chi connectivity index (χ4n) is 1.22. The van der Waals surface area contributed by atoms with E-state index in [0.29, 0.717) is 5.56 Å². The largest absolute Gasteiger partial charge is 0.505 e. The highest BCUT2D eigenvalue weighted by molar-refractivity contribution is 5.84. The molecule has 0 saturated carbocycles. The molecule has 1 atom stereocenters. The molecule has 1 amide bonds. The summed E-state index contributed by atoms with van der Waals surface area (Å²) in [5, 5.41) is 19.9. The molecule has 18 heavy (non-hydrogen) atoms. The molecule has 0 saturated heterocycles. The number of carboxylic acid groups (broad SMARTS) is 1. The number of amides is 1. The van der Waals surface area contributed by atoms with Crippen molar-refractivity contribution in [3.63, 3.8) is 0 Å². The lowest BCUT2D eigenvalue weighted by Crippen LogP contribution is -2.36. The summed E-state index contributed by atoms with van der Waals surface area (Å²) >= 11 is 0. The molecular weight excluding hydrogens is 243 g/mol. The number of rotatable bonds is 5. The summed E-state index contributed by atoms with van der Waals surface area (Å²) in [6, 6.07) is 2.42. The monoisotopic (exact) mass is 256 g/mol. The first kappa shape index (κ1) is 13.9. The second-order valence-electron chi connectivity index (χ2n) is 3.71. The number of carboxylic acids is 1. The lowest BCUT2D eigenvalue weighted by atomic mass is 10.2. The number of hydrogen-bond donors (Lipinski definition) is 4. The maximum absolute atomic E-state index is 13.0. The maximum atomic E-state index is 13.0. The zero-order valence-corrected chi connectivity index (χ0v) is 9.39. The Labute approximate surface area is 102 Å². The van der Waals surface area contributed by atoms with Gasteiger partial charge in [-0.15, -0.1) is 0 Å². The van der Waals surface area contributed by atoms with Gasteiger partial charge in [-0.1, -0.05) is 6.07 Å². The molecule has 5 N–H and O–H groups in total. The van der Waals surface area contributed by atoms with Crippen molar-refractivity contribution >= 4 is 11.9 Å². The van der Waals surface area contributed by atoms with Gasteiger partial charge in [-0.3, -0.25) is 9.59 Å². The van der Waals surface area contributed by atoms with Gasteiger partial charge in [-0.25, -0.2) is 4.39 Å². The SMILES string of the molecule is N[C@@H](CC(=O)NCc1ccc(O)c(F)c1)C(=O)O. The fraction of sp³-hybridized carbons (Fsp3) is 0.273. The van der Waals surface area contributed by atoms with E-state index in [2.05, 4.69) is 5.32 Å². The molecule has 0 heterocycles. The van der Waals surface area contributed by atoms with Gasteiger partial charge in [0.25, 0.3) is 0 Å². The summed E-state index contributed by atoms with van der Waals surface area (Å²) in [6.45, 7) is 0.0301. The summed E-state index contributed by atoms with van der Waals surface area (Å²) in [6.07, 6.45) is -0.351. The number of benzene rings is 1. The van der Waals surface area contributed by atoms with Gasteiger partial charge in [0.1, 0.15) is 6.04 Å². The van der Waals surface area contributed by atoms with E-state index < -0.39 is 29.5 Å². The van der Waals surface area contributed by atoms with Crippen LogP contribution in [0.25, 0.3) is 0 Å². The van der Waals surface area contributed by atoms with E-state index in [0.717, 1.165) is 6.07 Å². The number of nitrogens with one attached hydrogen (secondary N) is 1. The lowest BCUT2D eigenvalue weighted by Gasteiger charge is -2.08. The normalized spacial score (nSPS) is 11.9. The van der Waals surface area contributed by atoms with E-state index >= 15 is 0 Å². The molecule has 0 spiro atoms. The van der Waals surface area contributed by atoms with Crippen LogP contribution in [0.1, 0.15) is 12.0 Å². The van der Waals surface area contributed by atoms with Crippen LogP contribution < -0.4 is 11.1 Å². The summed E-state index contributed by atoms with van der Waals surface area (Å²) in [5.41, 5.74) is 5.62. The Balaban J connectivity index is 2.47. The first-order chi connectivity index (χ1) is 8.40. The number of phenolic OH excluding ortho intramolecular Hbond substituents is 1. The van der Waals surface area contributed by atoms with Crippen LogP contribution in [0.3, 0.4) is 0 Å². The van der Waals surface area contributed by atoms with Crippen molar-refractivity contribution in [3.05, 3.63) is 29.6 Å². The molecule has 1 aromatic rings. The zero-order chi connectivity index (χ0) is 13.7. The molecule has 0 bridgehead atoms. The average Bonchev–Trinajstić information content (AvgIpc) is 2.30. The van der Waals surface area contributed by atoms with E-state index in [4.69, 9.17) is 15.9 Å². The van der Waals surface area contributed by atoms with Crippen molar-refractivity contribution in [3.8, 4) is 5.75 Å². The highest BCUT2D eigenvalue weighted by atomic mass is 19.1. The molecular formula is C11H13FN2O4. The van der Waals surface area contributed by atoms with Crippen molar-refractivity contribution in [2.75, 3.05) is 0 Å². The van der Waals surface area contributed by atoms with Gasteiger partial charge < -0.3 is 21.3 Å². The average molecular weight is 256 g/mol. The highest BCUT2D eigenvalue weighted by Gasteiger charge is 2.15. The molecule has 0 aliphatic carbocycles. The molecule has 7 heteroatoms. The Morgan fingerprint density at radius 1 is 1.44 bits per heavy atom. The number of halogens is 1. The van der Waals surface area contributed by atoms with E-state index in [1.165, 1.54) is 12.1 Å². The van der Waals surface area contributed by atoms with Gasteiger partial charge in [0.15, 0.2) is 11.6 Å². The Kier molecular flexibility index (Phi) is 4.61. The first-order valence-corrected chi connectivity index (χ1v) is 5.12. The number of aromatic hydroxyl groups is 1. The minimum atomic E-state index is -1.26. The van der Waals surface area contributed by atoms with Gasteiger partial charge in [0.2, 0.25) is 5.91 Å². The van der Waals surface area contributed by atoms with E-state index in [1.807, 2.05) is 0 Å². The number of carbonyl (C=O) groups excluding carboxylic acids is 1. The van der Waals surface area contributed by atoms with E-state index in [-0.39, 0.29) is 13.0 Å². The third-order valence-electron chi connectivity index (χ3n) is 2.22. The van der Waals surface area contributed by atoms with Gasteiger partial charge in [-0.05, 0) is 17.7 Å². The van der Waals surface area contributed by atoms with Crippen LogP contribution in [-0.2, 0) is 16.1 Å². The van der Waals surface area contributed by atoms with Gasteiger partial charge >= 0.3 is 5.97 Å². The second kappa shape index (κ2) is 5.97. The predicted molar refractivity (Wildman–Crippen MR) is 60.1 cm³/mol. The van der Waals surface area contributed by atoms with Gasteiger partial charge in [-0.2, -0.15) is 0 Å². The Morgan fingerprint density at radius 2 is 2.11 bits per heavy atom. The summed E-state index contributed by atoms with van der Waals surface area (Å²) in [5.74, 6) is -3.07. The maximum Gasteiger partial charge on any atom is 0.321 e. The number of hydrogen-bond acceptors (Lipinski definition) is 4. The second-order valence-corrected chi connectivity index (χ2v) is 3.71. The van der Waals surface area contributed by atoms with Crippen molar-refractivity contribution in [2.24, 2.45) is 5.73 Å². The van der Waals surface area contributed by atoms with Crippen LogP contribution in [-0.4, -0.2) is 28.1 Å². The topological polar surface area (TPSA) is 113 Å². The molecule has 0 radical (unpaired) electrons. The van der Waals surface area contributed by atoms with Crippen molar-refractivity contribution < 1.29 is 24.2 Å². The van der Waals surface area contributed by atoms with Crippen LogP contribution in [0.4, 0.5) is 4.39 Å². The molecule has 0 aliphatic rings. The molecule has 0 aromatic heterocycles. The zero-order valence-electron chi connectivity index (χ0n) is 9.39. The molecule has 0 unspecified atom stereocenters. The van der Waals surface area contributed by atoms with Crippen LogP contribution in [0.2, 0.25) is 0 Å². The molecule has 0 aliphatic heterocycles. The van der Waals surface area contributed by atoms with E-state index in [1.54, 1.807) is 0 Å². The Hall–Kier alpha value is -2.15. The van der Waals surface area contributed by atoms with Crippen LogP contribution in [0.15, 0.2) is 18.2 Å². The minimum absolute atomic E-state index is 0.0301. The third kappa shape index (κ3) is 4.02. The molecule has 1 rings (SSSR count). The van der Waals surface area contributed by atoms with Crippen molar-refractivity contribution in [1.29, 1.82) is 0 Å². The molecule has 0 fully saturated rings. The number of aliphatic carboxylic acids is 1. The summed E-state index contributed by atoms with van der Waals surface area (Å²) in [7, 11) is 0. The third-order valence-corrected chi connectivity index (χ3v) is 2.22. The Morgan fingerprint density at radius 3 is 2.67 bits per heavy atom. The van der Waals surface area contributed by atoms with Crippen LogP contribution >= 0.6 is 0 Å². The summed E-state index contributed by atoms with van der Waals surface area (Å²) < 4.78 is 13.0. The van der Waals surface area contributed by atoms with Gasteiger partial charge in [0, 0.05) is 6.54 Å².